The molecule has 2 rings (SSSR count). The summed E-state index contributed by atoms with van der Waals surface area (Å²) in [7, 11) is 0. The van der Waals surface area contributed by atoms with Crippen LogP contribution in [-0.4, -0.2) is 15.8 Å². The molecule has 0 unspecified atom stereocenters. The summed E-state index contributed by atoms with van der Waals surface area (Å²) in [5.74, 6) is -0.917. The number of rotatable bonds is 3. The summed E-state index contributed by atoms with van der Waals surface area (Å²) in [6.07, 6.45) is 1.52. The van der Waals surface area contributed by atoms with Gasteiger partial charge in [-0.3, -0.25) is 9.78 Å². The lowest BCUT2D eigenvalue weighted by atomic mass is 10.2. The number of carbonyl (C=O) groups is 1. The van der Waals surface area contributed by atoms with E-state index in [1.807, 2.05) is 13.8 Å². The van der Waals surface area contributed by atoms with Gasteiger partial charge in [0.25, 0.3) is 0 Å². The first-order valence-corrected chi connectivity index (χ1v) is 5.96. The summed E-state index contributed by atoms with van der Waals surface area (Å²) in [4.78, 5) is 20.9. The van der Waals surface area contributed by atoms with E-state index in [1.54, 1.807) is 0 Å². The Morgan fingerprint density at radius 1 is 1.47 bits per heavy atom. The summed E-state index contributed by atoms with van der Waals surface area (Å²) in [5.41, 5.74) is 0.803. The Balaban J connectivity index is 2.20. The van der Waals surface area contributed by atoms with Crippen LogP contribution in [0.1, 0.15) is 26.1 Å². The van der Waals surface area contributed by atoms with Crippen molar-refractivity contribution in [3.63, 3.8) is 0 Å². The Morgan fingerprint density at radius 2 is 2.24 bits per heavy atom. The Bertz CT molecular complexity index is 546. The lowest BCUT2D eigenvalue weighted by Crippen LogP contribution is -2.08. The van der Waals surface area contributed by atoms with E-state index >= 15 is 0 Å². The summed E-state index contributed by atoms with van der Waals surface area (Å²) in [6.45, 7) is 3.84. The number of thiazole rings is 1. The number of aryl methyl sites for hydroxylation is 2. The molecule has 88 valence electrons. The first-order chi connectivity index (χ1) is 8.08. The fourth-order valence-corrected chi connectivity index (χ4v) is 2.36. The number of aromatic nitrogens is 2. The van der Waals surface area contributed by atoms with Crippen LogP contribution in [0, 0.1) is 19.7 Å². The Kier molecular flexibility index (Phi) is 3.28. The second-order valence-electron chi connectivity index (χ2n) is 3.68. The lowest BCUT2D eigenvalue weighted by Gasteiger charge is -1.98. The minimum Gasteiger partial charge on any atom is -0.292 e. The van der Waals surface area contributed by atoms with E-state index in [0.29, 0.717) is 5.01 Å². The number of hydrogen-bond acceptors (Lipinski definition) is 4. The Morgan fingerprint density at radius 3 is 2.82 bits per heavy atom. The van der Waals surface area contributed by atoms with Gasteiger partial charge in [-0.1, -0.05) is 0 Å². The van der Waals surface area contributed by atoms with Crippen LogP contribution in [0.5, 0.6) is 0 Å². The average molecular weight is 250 g/mol. The first kappa shape index (κ1) is 11.9. The van der Waals surface area contributed by atoms with Crippen molar-refractivity contribution in [3.05, 3.63) is 45.4 Å². The van der Waals surface area contributed by atoms with Gasteiger partial charge in [-0.15, -0.1) is 11.3 Å². The number of carbonyl (C=O) groups excluding carboxylic acids is 1. The SMILES string of the molecule is Cc1nc(CC(=O)c2ncccc2F)sc1C. The summed E-state index contributed by atoms with van der Waals surface area (Å²) >= 11 is 1.46. The third-order valence-electron chi connectivity index (χ3n) is 2.41. The molecule has 0 atom stereocenters. The molecule has 0 saturated carbocycles. The van der Waals surface area contributed by atoms with Crippen LogP contribution in [0.15, 0.2) is 18.3 Å². The highest BCUT2D eigenvalue weighted by atomic mass is 32.1. The van der Waals surface area contributed by atoms with Crippen molar-refractivity contribution in [2.75, 3.05) is 0 Å². The van der Waals surface area contributed by atoms with E-state index in [1.165, 1.54) is 29.7 Å². The van der Waals surface area contributed by atoms with Gasteiger partial charge in [-0.25, -0.2) is 9.37 Å². The third-order valence-corrected chi connectivity index (χ3v) is 3.48. The van der Waals surface area contributed by atoms with Crippen molar-refractivity contribution in [2.45, 2.75) is 20.3 Å². The Hall–Kier alpha value is -1.62. The van der Waals surface area contributed by atoms with Gasteiger partial charge in [0.15, 0.2) is 11.6 Å². The van der Waals surface area contributed by atoms with E-state index in [4.69, 9.17) is 0 Å². The van der Waals surface area contributed by atoms with Gasteiger partial charge in [-0.05, 0) is 26.0 Å². The van der Waals surface area contributed by atoms with Gasteiger partial charge in [0.05, 0.1) is 12.1 Å². The maximum Gasteiger partial charge on any atom is 0.190 e. The molecule has 5 heteroatoms. The minimum atomic E-state index is -0.581. The molecule has 0 aliphatic heterocycles. The average Bonchev–Trinajstić information content (AvgIpc) is 2.58. The van der Waals surface area contributed by atoms with Crippen molar-refractivity contribution < 1.29 is 9.18 Å². The molecule has 2 heterocycles. The highest BCUT2D eigenvalue weighted by Crippen LogP contribution is 2.18. The number of ketones is 1. The van der Waals surface area contributed by atoms with E-state index in [0.717, 1.165) is 10.6 Å². The van der Waals surface area contributed by atoms with Crippen LogP contribution in [0.25, 0.3) is 0 Å². The summed E-state index contributed by atoms with van der Waals surface area (Å²) < 4.78 is 13.3. The van der Waals surface area contributed by atoms with Crippen molar-refractivity contribution in [1.82, 2.24) is 9.97 Å². The van der Waals surface area contributed by atoms with Crippen LogP contribution in [0.4, 0.5) is 4.39 Å². The van der Waals surface area contributed by atoms with Crippen LogP contribution in [0.3, 0.4) is 0 Å². The number of nitrogens with zero attached hydrogens (tertiary/aromatic N) is 2. The van der Waals surface area contributed by atoms with Gasteiger partial charge < -0.3 is 0 Å². The highest BCUT2D eigenvalue weighted by Gasteiger charge is 2.15. The predicted octanol–water partition coefficient (Wildman–Crippen LogP) is 2.72. The molecule has 2 aromatic heterocycles. The van der Waals surface area contributed by atoms with E-state index in [-0.39, 0.29) is 17.9 Å². The van der Waals surface area contributed by atoms with E-state index in [9.17, 15) is 9.18 Å². The number of halogens is 1. The van der Waals surface area contributed by atoms with Gasteiger partial charge >= 0.3 is 0 Å². The van der Waals surface area contributed by atoms with Gasteiger partial charge in [-0.2, -0.15) is 0 Å². The molecule has 0 amide bonds. The van der Waals surface area contributed by atoms with Crippen molar-refractivity contribution >= 4 is 17.1 Å². The zero-order chi connectivity index (χ0) is 12.4. The topological polar surface area (TPSA) is 42.9 Å². The van der Waals surface area contributed by atoms with Crippen LogP contribution in [-0.2, 0) is 6.42 Å². The zero-order valence-corrected chi connectivity index (χ0v) is 10.3. The molecule has 0 saturated heterocycles. The molecule has 0 aliphatic rings. The van der Waals surface area contributed by atoms with Crippen LogP contribution < -0.4 is 0 Å². The molecule has 0 N–H and O–H groups in total. The molecule has 2 aromatic rings. The fraction of sp³-hybridized carbons (Fsp3) is 0.250. The summed E-state index contributed by atoms with van der Waals surface area (Å²) in [5, 5.41) is 0.704. The molecule has 0 aliphatic carbocycles. The van der Waals surface area contributed by atoms with E-state index in [2.05, 4.69) is 9.97 Å². The van der Waals surface area contributed by atoms with Gasteiger partial charge in [0, 0.05) is 11.1 Å². The maximum absolute atomic E-state index is 13.3. The number of hydrogen-bond donors (Lipinski definition) is 0. The molecule has 0 bridgehead atoms. The zero-order valence-electron chi connectivity index (χ0n) is 9.53. The second kappa shape index (κ2) is 4.71. The van der Waals surface area contributed by atoms with Gasteiger partial charge in [0.2, 0.25) is 0 Å². The quantitative estimate of drug-likeness (QED) is 0.787. The fourth-order valence-electron chi connectivity index (χ4n) is 1.43. The molecular weight excluding hydrogens is 239 g/mol. The van der Waals surface area contributed by atoms with Crippen LogP contribution in [0.2, 0.25) is 0 Å². The normalized spacial score (nSPS) is 10.5. The molecule has 0 spiro atoms. The molecule has 0 radical (unpaired) electrons. The van der Waals surface area contributed by atoms with Crippen molar-refractivity contribution in [3.8, 4) is 0 Å². The summed E-state index contributed by atoms with van der Waals surface area (Å²) in [6, 6.07) is 2.70. The molecule has 0 fully saturated rings. The first-order valence-electron chi connectivity index (χ1n) is 5.14. The molecule has 0 aromatic carbocycles. The second-order valence-corrected chi connectivity index (χ2v) is 4.97. The van der Waals surface area contributed by atoms with E-state index < -0.39 is 5.82 Å². The monoisotopic (exact) mass is 250 g/mol. The minimum absolute atomic E-state index is 0.104. The lowest BCUT2D eigenvalue weighted by molar-refractivity contribution is 0.0984. The molecule has 17 heavy (non-hydrogen) atoms. The standard InChI is InChI=1S/C12H11FN2OS/c1-7-8(2)17-11(15-7)6-10(16)12-9(13)4-3-5-14-12/h3-5H,6H2,1-2H3. The number of Topliss-reactive ketones (excluding diaryl/α,β-unsaturated/α-hetero) is 1. The Labute approximate surface area is 102 Å². The van der Waals surface area contributed by atoms with Crippen molar-refractivity contribution in [2.24, 2.45) is 0 Å². The van der Waals surface area contributed by atoms with Crippen molar-refractivity contribution in [1.29, 1.82) is 0 Å². The maximum atomic E-state index is 13.3. The van der Waals surface area contributed by atoms with Crippen LogP contribution >= 0.6 is 11.3 Å². The molecular formula is C12H11FN2OS. The third kappa shape index (κ3) is 2.55. The number of pyridine rings is 1. The largest absolute Gasteiger partial charge is 0.292 e. The van der Waals surface area contributed by atoms with Gasteiger partial charge in [0.1, 0.15) is 10.7 Å². The molecule has 3 nitrogen and oxygen atoms in total. The smallest absolute Gasteiger partial charge is 0.190 e. The predicted molar refractivity (Wildman–Crippen MR) is 63.8 cm³/mol. The highest BCUT2D eigenvalue weighted by molar-refractivity contribution is 7.11.